The summed E-state index contributed by atoms with van der Waals surface area (Å²) in [6.07, 6.45) is -3.97. The molecular weight excluding hydrogens is 776 g/mol. The van der Waals surface area contributed by atoms with Crippen molar-refractivity contribution in [3.63, 3.8) is 0 Å². The van der Waals surface area contributed by atoms with Gasteiger partial charge in [0.05, 0.1) is 38.3 Å². The van der Waals surface area contributed by atoms with Crippen LogP contribution in [0, 0.1) is 11.6 Å². The summed E-state index contributed by atoms with van der Waals surface area (Å²) >= 11 is 12.2. The number of ether oxygens (including phenoxy) is 2. The second kappa shape index (κ2) is 14.9. The highest BCUT2D eigenvalue weighted by atomic mass is 35.5. The number of carbonyl (C=O) groups is 4. The van der Waals surface area contributed by atoms with E-state index in [-0.39, 0.29) is 62.5 Å². The Kier molecular flexibility index (Phi) is 10.2. The first-order valence-electron chi connectivity index (χ1n) is 16.6. The number of hydrogen-bond acceptors (Lipinski definition) is 7. The molecule has 1 aromatic heterocycles. The fourth-order valence-electron chi connectivity index (χ4n) is 6.36. The van der Waals surface area contributed by atoms with Gasteiger partial charge < -0.3 is 20.1 Å². The molecule has 0 spiro atoms. The summed E-state index contributed by atoms with van der Waals surface area (Å²) in [6.45, 7) is 0.000713. The van der Waals surface area contributed by atoms with Crippen LogP contribution in [-0.2, 0) is 22.3 Å². The van der Waals surface area contributed by atoms with Gasteiger partial charge in [-0.05, 0) is 73.4 Å². The lowest BCUT2D eigenvalue weighted by atomic mass is 10.1. The van der Waals surface area contributed by atoms with Crippen molar-refractivity contribution in [2.45, 2.75) is 38.2 Å². The number of nitrogens with one attached hydrogen (secondary N) is 2. The standard InChI is InChI=1S/C37H26Cl2F5N5O6/c38-16-28(50)45-17-19-13-26(46-34(51)18-11-20(37(42,43)44)14-22(41)12-18)32(55-27-15-21(40)8-9-25(27)39)30-31(19)49(29-7-3-4-10-54-29)47-33(30)48-35(52)23-5-1-2-6-24(23)36(48)53/h1-2,5-6,8-9,11-15,29H,3-4,7,10,16-17H2,(H,45,50)(H,46,51). The van der Waals surface area contributed by atoms with E-state index in [1.54, 1.807) is 12.1 Å². The fraction of sp³-hybridized carbons (Fsp3) is 0.216. The number of amides is 4. The Labute approximate surface area is 317 Å². The third-order valence-electron chi connectivity index (χ3n) is 8.86. The molecule has 5 aromatic rings. The van der Waals surface area contributed by atoms with Gasteiger partial charge in [-0.15, -0.1) is 11.6 Å². The minimum absolute atomic E-state index is 0.0467. The van der Waals surface area contributed by atoms with Gasteiger partial charge >= 0.3 is 6.18 Å². The van der Waals surface area contributed by atoms with Gasteiger partial charge in [0.2, 0.25) is 5.91 Å². The topological polar surface area (TPSA) is 132 Å². The number of hydrogen-bond donors (Lipinski definition) is 2. The normalized spacial score (nSPS) is 15.7. The Morgan fingerprint density at radius 2 is 1.69 bits per heavy atom. The number of rotatable bonds is 9. The molecule has 55 heavy (non-hydrogen) atoms. The zero-order chi connectivity index (χ0) is 39.2. The van der Waals surface area contributed by atoms with Gasteiger partial charge in [-0.2, -0.15) is 18.3 Å². The molecule has 3 heterocycles. The minimum atomic E-state index is -5.01. The Hall–Kier alpha value is -5.58. The maximum atomic E-state index is 14.7. The second-order valence-corrected chi connectivity index (χ2v) is 13.2. The van der Waals surface area contributed by atoms with Crippen LogP contribution in [0.5, 0.6) is 11.5 Å². The van der Waals surface area contributed by atoms with Crippen LogP contribution in [0.4, 0.5) is 33.5 Å². The molecule has 0 radical (unpaired) electrons. The molecule has 11 nitrogen and oxygen atoms in total. The summed E-state index contributed by atoms with van der Waals surface area (Å²) < 4.78 is 83.8. The van der Waals surface area contributed by atoms with E-state index >= 15 is 0 Å². The van der Waals surface area contributed by atoms with Crippen molar-refractivity contribution < 1.29 is 50.6 Å². The zero-order valence-corrected chi connectivity index (χ0v) is 29.6. The molecular formula is C37H26Cl2F5N5O6. The van der Waals surface area contributed by atoms with Gasteiger partial charge in [0.1, 0.15) is 23.3 Å². The molecule has 2 N–H and O–H groups in total. The number of halogens is 7. The molecule has 1 saturated heterocycles. The molecule has 4 aromatic carbocycles. The van der Waals surface area contributed by atoms with Crippen LogP contribution in [-0.4, -0.2) is 45.9 Å². The van der Waals surface area contributed by atoms with Gasteiger partial charge in [-0.1, -0.05) is 23.7 Å². The van der Waals surface area contributed by atoms with Gasteiger partial charge in [0, 0.05) is 24.8 Å². The van der Waals surface area contributed by atoms with Crippen LogP contribution in [0.15, 0.2) is 66.7 Å². The zero-order valence-electron chi connectivity index (χ0n) is 28.1. The molecule has 2 aliphatic rings. The highest BCUT2D eigenvalue weighted by molar-refractivity contribution is 6.36. The van der Waals surface area contributed by atoms with E-state index in [4.69, 9.17) is 37.8 Å². The van der Waals surface area contributed by atoms with Crippen LogP contribution in [0.1, 0.15) is 67.7 Å². The van der Waals surface area contributed by atoms with E-state index < -0.39 is 70.4 Å². The number of benzene rings is 4. The number of aromatic nitrogens is 2. The predicted molar refractivity (Wildman–Crippen MR) is 190 cm³/mol. The Bertz CT molecular complexity index is 2360. The summed E-state index contributed by atoms with van der Waals surface area (Å²) in [4.78, 5) is 54.9. The monoisotopic (exact) mass is 801 g/mol. The van der Waals surface area contributed by atoms with Gasteiger partial charge in [-0.25, -0.2) is 18.4 Å². The van der Waals surface area contributed by atoms with Gasteiger partial charge in [0.15, 0.2) is 17.8 Å². The third kappa shape index (κ3) is 7.32. The van der Waals surface area contributed by atoms with E-state index in [1.807, 2.05) is 0 Å². The lowest BCUT2D eigenvalue weighted by Gasteiger charge is -2.24. The first kappa shape index (κ1) is 37.7. The maximum Gasteiger partial charge on any atom is 0.416 e. The molecule has 7 rings (SSSR count). The first-order chi connectivity index (χ1) is 26.2. The molecule has 2 aliphatic heterocycles. The minimum Gasteiger partial charge on any atom is -0.453 e. The molecule has 1 atom stereocenters. The molecule has 18 heteroatoms. The van der Waals surface area contributed by atoms with Crippen LogP contribution < -0.4 is 20.3 Å². The lowest BCUT2D eigenvalue weighted by molar-refractivity contribution is -0.137. The molecule has 0 saturated carbocycles. The highest BCUT2D eigenvalue weighted by Crippen LogP contribution is 2.48. The van der Waals surface area contributed by atoms with Crippen molar-refractivity contribution in [1.82, 2.24) is 15.1 Å². The second-order valence-electron chi connectivity index (χ2n) is 12.5. The van der Waals surface area contributed by atoms with E-state index in [0.29, 0.717) is 31.6 Å². The number of fused-ring (bicyclic) bond motifs is 2. The maximum absolute atomic E-state index is 14.7. The van der Waals surface area contributed by atoms with Crippen molar-refractivity contribution in [3.8, 4) is 11.5 Å². The summed E-state index contributed by atoms with van der Waals surface area (Å²) in [5.74, 6) is -7.08. The molecule has 284 valence electrons. The van der Waals surface area contributed by atoms with Crippen LogP contribution >= 0.6 is 23.2 Å². The smallest absolute Gasteiger partial charge is 0.416 e. The van der Waals surface area contributed by atoms with Crippen molar-refractivity contribution in [1.29, 1.82) is 0 Å². The van der Waals surface area contributed by atoms with Crippen molar-refractivity contribution in [3.05, 3.63) is 111 Å². The summed E-state index contributed by atoms with van der Waals surface area (Å²) in [5.41, 5.74) is -2.14. The summed E-state index contributed by atoms with van der Waals surface area (Å²) in [5, 5.41) is 9.49. The number of imide groups is 1. The Morgan fingerprint density at radius 3 is 2.35 bits per heavy atom. The summed E-state index contributed by atoms with van der Waals surface area (Å²) in [7, 11) is 0. The lowest BCUT2D eigenvalue weighted by Crippen LogP contribution is -2.30. The highest BCUT2D eigenvalue weighted by Gasteiger charge is 2.41. The van der Waals surface area contributed by atoms with E-state index in [9.17, 15) is 41.1 Å². The molecule has 0 aliphatic carbocycles. The summed E-state index contributed by atoms with van der Waals surface area (Å²) in [6, 6.07) is 11.6. The van der Waals surface area contributed by atoms with Gasteiger partial charge in [-0.3, -0.25) is 19.2 Å². The largest absolute Gasteiger partial charge is 0.453 e. The first-order valence-corrected chi connectivity index (χ1v) is 17.5. The Morgan fingerprint density at radius 1 is 0.964 bits per heavy atom. The number of carbonyl (C=O) groups excluding carboxylic acids is 4. The average molecular weight is 803 g/mol. The van der Waals surface area contributed by atoms with Gasteiger partial charge in [0.25, 0.3) is 17.7 Å². The van der Waals surface area contributed by atoms with Crippen LogP contribution in [0.2, 0.25) is 5.02 Å². The quantitative estimate of drug-likeness (QED) is 0.0870. The number of anilines is 2. The predicted octanol–water partition coefficient (Wildman–Crippen LogP) is 8.39. The SMILES string of the molecule is O=C(CCl)NCc1cc(NC(=O)c2cc(F)cc(C(F)(F)F)c2)c(Oc2cc(F)ccc2Cl)c2c(N3C(=O)c4ccccc4C3=O)nn(C3CCCCO3)c12. The fourth-order valence-corrected chi connectivity index (χ4v) is 6.61. The van der Waals surface area contributed by atoms with Crippen molar-refractivity contribution in [2.75, 3.05) is 22.7 Å². The number of alkyl halides is 4. The molecule has 1 unspecified atom stereocenters. The van der Waals surface area contributed by atoms with E-state index in [1.165, 1.54) is 28.9 Å². The molecule has 0 bridgehead atoms. The van der Waals surface area contributed by atoms with E-state index in [2.05, 4.69) is 10.6 Å². The number of nitrogens with zero attached hydrogens (tertiary/aromatic N) is 3. The van der Waals surface area contributed by atoms with Crippen molar-refractivity contribution >= 4 is 69.2 Å². The Balaban J connectivity index is 1.53. The van der Waals surface area contributed by atoms with E-state index in [0.717, 1.165) is 23.5 Å². The average Bonchev–Trinajstić information content (AvgIpc) is 3.67. The van der Waals surface area contributed by atoms with Crippen LogP contribution in [0.3, 0.4) is 0 Å². The molecule has 4 amide bonds. The molecule has 1 fully saturated rings. The van der Waals surface area contributed by atoms with Crippen LogP contribution in [0.25, 0.3) is 10.9 Å². The van der Waals surface area contributed by atoms with Crippen molar-refractivity contribution in [2.24, 2.45) is 0 Å². The third-order valence-corrected chi connectivity index (χ3v) is 9.41.